The van der Waals surface area contributed by atoms with Gasteiger partial charge in [0.2, 0.25) is 0 Å². The number of aromatic nitrogens is 2. The topological polar surface area (TPSA) is 57.8 Å². The quantitative estimate of drug-likeness (QED) is 0.843. The van der Waals surface area contributed by atoms with Gasteiger partial charge in [0.15, 0.2) is 0 Å². The molecule has 0 saturated carbocycles. The molecular weight excluding hydrogens is 329 g/mol. The fraction of sp³-hybridized carbons (Fsp3) is 0.167. The molecular formula is C12H12IN3O. The molecule has 0 saturated heterocycles. The number of aromatic amines is 1. The molecule has 1 atom stereocenters. The number of carbonyl (C=O) groups excluding carboxylic acids is 1. The van der Waals surface area contributed by atoms with Crippen molar-refractivity contribution in [2.45, 2.75) is 13.0 Å². The van der Waals surface area contributed by atoms with Gasteiger partial charge in [-0.05, 0) is 53.8 Å². The SMILES string of the molecule is CC(NC(=O)c1ccc(I)cc1)c1ncc[nH]1. The molecule has 2 aromatic rings. The second-order valence-electron chi connectivity index (χ2n) is 3.68. The van der Waals surface area contributed by atoms with E-state index < -0.39 is 0 Å². The summed E-state index contributed by atoms with van der Waals surface area (Å²) < 4.78 is 1.11. The number of rotatable bonds is 3. The lowest BCUT2D eigenvalue weighted by Gasteiger charge is -2.11. The maximum atomic E-state index is 11.9. The Hall–Kier alpha value is -1.37. The largest absolute Gasteiger partial charge is 0.347 e. The van der Waals surface area contributed by atoms with Crippen LogP contribution in [0.3, 0.4) is 0 Å². The predicted octanol–water partition coefficient (Wildman–Crippen LogP) is 2.51. The summed E-state index contributed by atoms with van der Waals surface area (Å²) in [6.07, 6.45) is 3.41. The molecule has 1 heterocycles. The molecule has 1 amide bonds. The average molecular weight is 341 g/mol. The van der Waals surface area contributed by atoms with Gasteiger partial charge in [0.05, 0.1) is 6.04 Å². The molecule has 0 bridgehead atoms. The lowest BCUT2D eigenvalue weighted by molar-refractivity contribution is 0.0938. The summed E-state index contributed by atoms with van der Waals surface area (Å²) in [5, 5.41) is 2.88. The van der Waals surface area contributed by atoms with Gasteiger partial charge in [-0.2, -0.15) is 0 Å². The number of hydrogen-bond donors (Lipinski definition) is 2. The van der Waals surface area contributed by atoms with Gasteiger partial charge in [-0.3, -0.25) is 4.79 Å². The molecule has 88 valence electrons. The van der Waals surface area contributed by atoms with Gasteiger partial charge in [-0.25, -0.2) is 4.98 Å². The second kappa shape index (κ2) is 5.31. The average Bonchev–Trinajstić information content (AvgIpc) is 2.83. The molecule has 17 heavy (non-hydrogen) atoms. The van der Waals surface area contributed by atoms with Crippen LogP contribution in [0.5, 0.6) is 0 Å². The number of halogens is 1. The molecule has 5 heteroatoms. The van der Waals surface area contributed by atoms with Crippen LogP contribution in [0.15, 0.2) is 36.7 Å². The van der Waals surface area contributed by atoms with Gasteiger partial charge in [-0.1, -0.05) is 0 Å². The predicted molar refractivity (Wildman–Crippen MR) is 73.6 cm³/mol. The standard InChI is InChI=1S/C12H12IN3O/c1-8(11-14-6-7-15-11)16-12(17)9-2-4-10(13)5-3-9/h2-8H,1H3,(H,14,15)(H,16,17). The monoisotopic (exact) mass is 341 g/mol. The summed E-state index contributed by atoms with van der Waals surface area (Å²) >= 11 is 2.21. The Bertz CT molecular complexity index is 493. The summed E-state index contributed by atoms with van der Waals surface area (Å²) in [5.74, 6) is 0.661. The van der Waals surface area contributed by atoms with Crippen LogP contribution >= 0.6 is 22.6 Å². The number of benzene rings is 1. The van der Waals surface area contributed by atoms with Crippen LogP contribution in [0.2, 0.25) is 0 Å². The first-order valence-electron chi connectivity index (χ1n) is 5.22. The van der Waals surface area contributed by atoms with Crippen LogP contribution in [-0.4, -0.2) is 15.9 Å². The zero-order valence-electron chi connectivity index (χ0n) is 9.27. The summed E-state index contributed by atoms with van der Waals surface area (Å²) in [6, 6.07) is 7.31. The molecule has 1 unspecified atom stereocenters. The molecule has 0 radical (unpaired) electrons. The molecule has 1 aromatic carbocycles. The van der Waals surface area contributed by atoms with Crippen molar-refractivity contribution in [1.82, 2.24) is 15.3 Å². The third kappa shape index (κ3) is 3.06. The first kappa shape index (κ1) is 12.1. The molecule has 2 rings (SSSR count). The third-order valence-corrected chi connectivity index (χ3v) is 3.10. The van der Waals surface area contributed by atoms with E-state index in [9.17, 15) is 4.79 Å². The Morgan fingerprint density at radius 3 is 2.71 bits per heavy atom. The van der Waals surface area contributed by atoms with Crippen LogP contribution in [0.4, 0.5) is 0 Å². The van der Waals surface area contributed by atoms with Crippen molar-refractivity contribution in [3.05, 3.63) is 51.6 Å². The fourth-order valence-corrected chi connectivity index (χ4v) is 1.82. The van der Waals surface area contributed by atoms with Crippen LogP contribution < -0.4 is 5.32 Å². The van der Waals surface area contributed by atoms with Crippen LogP contribution in [0, 0.1) is 3.57 Å². The number of imidazole rings is 1. The highest BCUT2D eigenvalue weighted by Gasteiger charge is 2.12. The smallest absolute Gasteiger partial charge is 0.251 e. The summed E-state index contributed by atoms with van der Waals surface area (Å²) in [6.45, 7) is 1.89. The molecule has 1 aromatic heterocycles. The van der Waals surface area contributed by atoms with E-state index in [0.717, 1.165) is 9.39 Å². The molecule has 0 aliphatic heterocycles. The third-order valence-electron chi connectivity index (χ3n) is 2.38. The first-order chi connectivity index (χ1) is 8.16. The number of hydrogen-bond acceptors (Lipinski definition) is 2. The molecule has 0 aliphatic rings. The summed E-state index contributed by atoms with van der Waals surface area (Å²) in [4.78, 5) is 19.0. The van der Waals surface area contributed by atoms with Crippen molar-refractivity contribution >= 4 is 28.5 Å². The first-order valence-corrected chi connectivity index (χ1v) is 6.30. The molecule has 4 nitrogen and oxygen atoms in total. The minimum atomic E-state index is -0.128. The van der Waals surface area contributed by atoms with E-state index in [1.807, 2.05) is 31.2 Å². The Kier molecular flexibility index (Phi) is 3.78. The van der Waals surface area contributed by atoms with Gasteiger partial charge in [0.1, 0.15) is 5.82 Å². The maximum Gasteiger partial charge on any atom is 0.251 e. The Morgan fingerprint density at radius 2 is 2.12 bits per heavy atom. The van der Waals surface area contributed by atoms with E-state index in [1.54, 1.807) is 12.4 Å². The van der Waals surface area contributed by atoms with Crippen LogP contribution in [0.25, 0.3) is 0 Å². The zero-order chi connectivity index (χ0) is 12.3. The summed E-state index contributed by atoms with van der Waals surface area (Å²) in [5.41, 5.74) is 0.656. The minimum Gasteiger partial charge on any atom is -0.347 e. The van der Waals surface area contributed by atoms with Crippen LogP contribution in [-0.2, 0) is 0 Å². The van der Waals surface area contributed by atoms with Gasteiger partial charge < -0.3 is 10.3 Å². The molecule has 0 fully saturated rings. The van der Waals surface area contributed by atoms with Gasteiger partial charge in [-0.15, -0.1) is 0 Å². The Balaban J connectivity index is 2.04. The Labute approximate surface area is 113 Å². The van der Waals surface area contributed by atoms with Crippen molar-refractivity contribution in [3.63, 3.8) is 0 Å². The van der Waals surface area contributed by atoms with E-state index in [1.165, 1.54) is 0 Å². The lowest BCUT2D eigenvalue weighted by atomic mass is 10.2. The molecule has 2 N–H and O–H groups in total. The number of nitrogens with one attached hydrogen (secondary N) is 2. The normalized spacial score (nSPS) is 12.1. The highest BCUT2D eigenvalue weighted by atomic mass is 127. The number of carbonyl (C=O) groups is 1. The van der Waals surface area contributed by atoms with Crippen molar-refractivity contribution < 1.29 is 4.79 Å². The van der Waals surface area contributed by atoms with Crippen molar-refractivity contribution in [2.24, 2.45) is 0 Å². The van der Waals surface area contributed by atoms with E-state index in [0.29, 0.717) is 5.56 Å². The van der Waals surface area contributed by atoms with E-state index in [4.69, 9.17) is 0 Å². The number of nitrogens with zero attached hydrogens (tertiary/aromatic N) is 1. The van der Waals surface area contributed by atoms with E-state index in [2.05, 4.69) is 37.9 Å². The number of H-pyrrole nitrogens is 1. The van der Waals surface area contributed by atoms with E-state index in [-0.39, 0.29) is 11.9 Å². The summed E-state index contributed by atoms with van der Waals surface area (Å²) in [7, 11) is 0. The molecule has 0 aliphatic carbocycles. The highest BCUT2D eigenvalue weighted by Crippen LogP contribution is 2.10. The van der Waals surface area contributed by atoms with Crippen molar-refractivity contribution in [3.8, 4) is 0 Å². The fourth-order valence-electron chi connectivity index (χ4n) is 1.46. The maximum absolute atomic E-state index is 11.9. The Morgan fingerprint density at radius 1 is 1.41 bits per heavy atom. The van der Waals surface area contributed by atoms with E-state index >= 15 is 0 Å². The van der Waals surface area contributed by atoms with Gasteiger partial charge in [0.25, 0.3) is 5.91 Å². The molecule has 0 spiro atoms. The second-order valence-corrected chi connectivity index (χ2v) is 4.92. The highest BCUT2D eigenvalue weighted by molar-refractivity contribution is 14.1. The minimum absolute atomic E-state index is 0.0923. The lowest BCUT2D eigenvalue weighted by Crippen LogP contribution is -2.27. The van der Waals surface area contributed by atoms with Crippen LogP contribution in [0.1, 0.15) is 29.1 Å². The van der Waals surface area contributed by atoms with Gasteiger partial charge >= 0.3 is 0 Å². The van der Waals surface area contributed by atoms with Gasteiger partial charge in [0, 0.05) is 21.5 Å². The van der Waals surface area contributed by atoms with Crippen molar-refractivity contribution in [2.75, 3.05) is 0 Å². The zero-order valence-corrected chi connectivity index (χ0v) is 11.4. The van der Waals surface area contributed by atoms with Crippen molar-refractivity contribution in [1.29, 1.82) is 0 Å². The number of amides is 1.